The van der Waals surface area contributed by atoms with Gasteiger partial charge in [-0.3, -0.25) is 0 Å². The molecule has 0 unspecified atom stereocenters. The summed E-state index contributed by atoms with van der Waals surface area (Å²) >= 11 is 3.32. The van der Waals surface area contributed by atoms with Crippen LogP contribution in [-0.4, -0.2) is 43.3 Å². The van der Waals surface area contributed by atoms with Crippen molar-refractivity contribution in [1.82, 2.24) is 0 Å². The fourth-order valence-electron chi connectivity index (χ4n) is 3.06. The lowest BCUT2D eigenvalue weighted by molar-refractivity contribution is 0.0591. The van der Waals surface area contributed by atoms with Gasteiger partial charge in [0.1, 0.15) is 0 Å². The van der Waals surface area contributed by atoms with Crippen molar-refractivity contribution in [3.63, 3.8) is 0 Å². The summed E-state index contributed by atoms with van der Waals surface area (Å²) in [6, 6.07) is 11.5. The third kappa shape index (κ3) is 9.99. The number of esters is 2. The van der Waals surface area contributed by atoms with Crippen LogP contribution in [0.4, 0.5) is 0 Å². The molecule has 0 aromatic heterocycles. The number of halogens is 1. The second kappa shape index (κ2) is 15.0. The Morgan fingerprint density at radius 2 is 1.32 bits per heavy atom. The third-order valence-electron chi connectivity index (χ3n) is 5.34. The molecule has 4 rings (SSSR count). The maximum Gasteiger partial charge on any atom is 0.454 e. The molecule has 2 saturated carbocycles. The molecule has 0 heterocycles. The van der Waals surface area contributed by atoms with Crippen molar-refractivity contribution in [2.75, 3.05) is 14.2 Å². The Balaban J connectivity index is 0.000000498. The normalized spacial score (nSPS) is 13.4. The summed E-state index contributed by atoms with van der Waals surface area (Å²) in [6.45, 7) is 3.83. The highest BCUT2D eigenvalue weighted by atomic mass is 79.9. The number of ether oxygens (including phenoxy) is 2. The molecular formula is C26H38BBrO6. The van der Waals surface area contributed by atoms with E-state index in [0.29, 0.717) is 11.1 Å². The first-order chi connectivity index (χ1) is 15.2. The molecule has 0 atom stereocenters. The molecule has 2 aromatic rings. The van der Waals surface area contributed by atoms with Crippen LogP contribution in [0.2, 0.25) is 5.82 Å². The van der Waals surface area contributed by atoms with E-state index in [1.807, 2.05) is 38.1 Å². The Labute approximate surface area is 213 Å². The minimum Gasteiger partial charge on any atom is -0.465 e. The fraction of sp³-hybridized carbons (Fsp3) is 0.462. The Bertz CT molecular complexity index is 939. The van der Waals surface area contributed by atoms with Crippen LogP contribution in [-0.2, 0) is 9.47 Å². The second-order valence-electron chi connectivity index (χ2n) is 8.04. The average molecular weight is 537 g/mol. The van der Waals surface area contributed by atoms with E-state index in [-0.39, 0.29) is 32.6 Å². The van der Waals surface area contributed by atoms with Crippen LogP contribution < -0.4 is 0 Å². The van der Waals surface area contributed by atoms with Crippen LogP contribution in [0.25, 0.3) is 0 Å². The standard InChI is InChI=1S/C12H14O2.C9H9BrO2.C3H7BO2.2CH4/c1-8-7-10(9-3-4-9)5-6-11(8)12(13)14-2;1-6-5-7(10)3-4-8(6)9(11)12-2;5-4(6)3-1-2-3;;/h5-7,9H,3-4H2,1-2H3;3-5H,1-2H3;3,5-6H,1-2H2;2*1H4. The number of methoxy groups -OCH3 is 2. The topological polar surface area (TPSA) is 93.1 Å². The van der Waals surface area contributed by atoms with Crippen molar-refractivity contribution in [1.29, 1.82) is 0 Å². The lowest BCUT2D eigenvalue weighted by Crippen LogP contribution is -2.09. The number of hydrogen-bond acceptors (Lipinski definition) is 6. The molecule has 34 heavy (non-hydrogen) atoms. The number of aryl methyl sites for hydroxylation is 2. The first kappa shape index (κ1) is 31.8. The average Bonchev–Trinajstić information content (AvgIpc) is 3.66. The molecular weight excluding hydrogens is 499 g/mol. The summed E-state index contributed by atoms with van der Waals surface area (Å²) in [6.07, 6.45) is 4.57. The number of rotatable bonds is 4. The molecule has 0 amide bonds. The zero-order valence-electron chi connectivity index (χ0n) is 18.9. The van der Waals surface area contributed by atoms with Gasteiger partial charge in [-0.1, -0.05) is 55.8 Å². The SMILES string of the molecule is C.C.COC(=O)c1ccc(Br)cc1C.COC(=O)c1ccc(C2CC2)cc1C.OB(O)C1CC1. The number of benzene rings is 2. The Hall–Kier alpha value is -2.16. The van der Waals surface area contributed by atoms with Gasteiger partial charge < -0.3 is 19.5 Å². The fourth-order valence-corrected chi connectivity index (χ4v) is 3.53. The Kier molecular flexibility index (Phi) is 14.0. The van der Waals surface area contributed by atoms with Crippen LogP contribution in [0, 0.1) is 13.8 Å². The third-order valence-corrected chi connectivity index (χ3v) is 5.84. The molecule has 2 fully saturated rings. The molecule has 2 aliphatic rings. The Morgan fingerprint density at radius 3 is 1.65 bits per heavy atom. The summed E-state index contributed by atoms with van der Waals surface area (Å²) < 4.78 is 10.3. The van der Waals surface area contributed by atoms with E-state index >= 15 is 0 Å². The smallest absolute Gasteiger partial charge is 0.454 e. The van der Waals surface area contributed by atoms with Gasteiger partial charge in [0.25, 0.3) is 0 Å². The summed E-state index contributed by atoms with van der Waals surface area (Å²) in [5, 5.41) is 16.5. The van der Waals surface area contributed by atoms with Crippen molar-refractivity contribution in [3.05, 3.63) is 68.7 Å². The molecule has 0 bridgehead atoms. The van der Waals surface area contributed by atoms with Gasteiger partial charge in [0.05, 0.1) is 25.3 Å². The van der Waals surface area contributed by atoms with Gasteiger partial charge in [-0.15, -0.1) is 0 Å². The van der Waals surface area contributed by atoms with Crippen molar-refractivity contribution in [3.8, 4) is 0 Å². The summed E-state index contributed by atoms with van der Waals surface area (Å²) in [4.78, 5) is 22.4. The van der Waals surface area contributed by atoms with Gasteiger partial charge in [-0.25, -0.2) is 9.59 Å². The van der Waals surface area contributed by atoms with Gasteiger partial charge in [0.15, 0.2) is 0 Å². The van der Waals surface area contributed by atoms with Crippen LogP contribution in [0.15, 0.2) is 40.9 Å². The highest BCUT2D eigenvalue weighted by Crippen LogP contribution is 2.40. The van der Waals surface area contributed by atoms with E-state index in [1.165, 1.54) is 32.6 Å². The van der Waals surface area contributed by atoms with E-state index in [2.05, 4.69) is 26.7 Å². The van der Waals surface area contributed by atoms with E-state index < -0.39 is 7.12 Å². The van der Waals surface area contributed by atoms with Gasteiger partial charge in [0, 0.05) is 4.47 Å². The molecule has 6 nitrogen and oxygen atoms in total. The minimum atomic E-state index is -1.04. The predicted octanol–water partition coefficient (Wildman–Crippen LogP) is 6.10. The lowest BCUT2D eigenvalue weighted by atomic mass is 9.84. The van der Waals surface area contributed by atoms with Gasteiger partial charge in [-0.2, -0.15) is 0 Å². The first-order valence-electron chi connectivity index (χ1n) is 10.6. The summed E-state index contributed by atoms with van der Waals surface area (Å²) in [7, 11) is 1.76. The molecule has 0 radical (unpaired) electrons. The number of hydrogen-bond donors (Lipinski definition) is 2. The van der Waals surface area contributed by atoms with Crippen LogP contribution in [0.1, 0.15) is 83.9 Å². The summed E-state index contributed by atoms with van der Waals surface area (Å²) in [5.41, 5.74) is 4.57. The van der Waals surface area contributed by atoms with Crippen molar-refractivity contribution >= 4 is 35.0 Å². The van der Waals surface area contributed by atoms with E-state index in [0.717, 1.165) is 34.4 Å². The van der Waals surface area contributed by atoms with E-state index in [9.17, 15) is 9.59 Å². The maximum atomic E-state index is 11.3. The lowest BCUT2D eigenvalue weighted by Gasteiger charge is -2.05. The van der Waals surface area contributed by atoms with Gasteiger partial charge in [0.2, 0.25) is 0 Å². The highest BCUT2D eigenvalue weighted by Gasteiger charge is 2.33. The van der Waals surface area contributed by atoms with Gasteiger partial charge >= 0.3 is 19.1 Å². The largest absolute Gasteiger partial charge is 0.465 e. The Morgan fingerprint density at radius 1 is 0.853 bits per heavy atom. The predicted molar refractivity (Wildman–Crippen MR) is 141 cm³/mol. The molecule has 2 N–H and O–H groups in total. The van der Waals surface area contributed by atoms with Crippen LogP contribution in [0.3, 0.4) is 0 Å². The van der Waals surface area contributed by atoms with Crippen LogP contribution >= 0.6 is 15.9 Å². The van der Waals surface area contributed by atoms with Crippen molar-refractivity contribution in [2.24, 2.45) is 0 Å². The number of carbonyl (C=O) groups is 2. The van der Waals surface area contributed by atoms with Gasteiger partial charge in [-0.05, 0) is 79.4 Å². The van der Waals surface area contributed by atoms with Crippen LogP contribution in [0.5, 0.6) is 0 Å². The second-order valence-corrected chi connectivity index (χ2v) is 8.96. The molecule has 0 aliphatic heterocycles. The first-order valence-corrected chi connectivity index (χ1v) is 11.4. The van der Waals surface area contributed by atoms with E-state index in [4.69, 9.17) is 14.8 Å². The zero-order chi connectivity index (χ0) is 23.8. The molecule has 2 aliphatic carbocycles. The molecule has 188 valence electrons. The maximum absolute atomic E-state index is 11.3. The number of carbonyl (C=O) groups excluding carboxylic acids is 2. The quantitative estimate of drug-likeness (QED) is 0.362. The van der Waals surface area contributed by atoms with Crippen molar-refractivity contribution in [2.45, 2.75) is 66.1 Å². The molecule has 0 spiro atoms. The molecule has 8 heteroatoms. The highest BCUT2D eigenvalue weighted by molar-refractivity contribution is 9.10. The zero-order valence-corrected chi connectivity index (χ0v) is 20.5. The van der Waals surface area contributed by atoms with Crippen molar-refractivity contribution < 1.29 is 29.1 Å². The summed E-state index contributed by atoms with van der Waals surface area (Å²) in [5.74, 6) is 0.412. The molecule has 2 aromatic carbocycles. The monoisotopic (exact) mass is 536 g/mol. The minimum absolute atomic E-state index is 0. The molecule has 0 saturated heterocycles. The van der Waals surface area contributed by atoms with E-state index in [1.54, 1.807) is 6.07 Å².